The van der Waals surface area contributed by atoms with Gasteiger partial charge in [-0.15, -0.1) is 0 Å². The molecule has 0 saturated carbocycles. The predicted octanol–water partition coefficient (Wildman–Crippen LogP) is 4.26. The maximum atomic E-state index is 12.4. The summed E-state index contributed by atoms with van der Waals surface area (Å²) >= 11 is 9.51. The van der Waals surface area contributed by atoms with Crippen LogP contribution in [-0.4, -0.2) is 58.4 Å². The molecular formula is C29H30BrClN4O7. The van der Waals surface area contributed by atoms with Crippen LogP contribution < -0.4 is 35.0 Å². The molecule has 222 valence electrons. The number of nitrogens with one attached hydrogen (secondary N) is 3. The van der Waals surface area contributed by atoms with Crippen LogP contribution in [0.5, 0.6) is 23.0 Å². The maximum absolute atomic E-state index is 12.4. The van der Waals surface area contributed by atoms with E-state index in [2.05, 4.69) is 37.1 Å². The van der Waals surface area contributed by atoms with E-state index in [-0.39, 0.29) is 19.1 Å². The quantitative estimate of drug-likeness (QED) is 0.150. The van der Waals surface area contributed by atoms with Gasteiger partial charge in [-0.05, 0) is 82.4 Å². The van der Waals surface area contributed by atoms with E-state index in [1.165, 1.54) is 20.4 Å². The van der Waals surface area contributed by atoms with Crippen molar-refractivity contribution in [2.45, 2.75) is 13.3 Å². The molecular weight excluding hydrogens is 632 g/mol. The van der Waals surface area contributed by atoms with Crippen LogP contribution in [0.3, 0.4) is 0 Å². The summed E-state index contributed by atoms with van der Waals surface area (Å²) in [7, 11) is 4.53. The smallest absolute Gasteiger partial charge is 0.329 e. The fourth-order valence-corrected chi connectivity index (χ4v) is 4.37. The second kappa shape index (κ2) is 15.6. The van der Waals surface area contributed by atoms with Crippen molar-refractivity contribution in [3.8, 4) is 23.0 Å². The number of hydrazone groups is 1. The summed E-state index contributed by atoms with van der Waals surface area (Å²) in [5, 5.41) is 9.64. The van der Waals surface area contributed by atoms with E-state index < -0.39 is 11.8 Å². The van der Waals surface area contributed by atoms with Crippen LogP contribution in [0, 0.1) is 6.92 Å². The molecule has 0 unspecified atom stereocenters. The number of amides is 3. The van der Waals surface area contributed by atoms with Crippen molar-refractivity contribution in [2.24, 2.45) is 5.10 Å². The highest BCUT2D eigenvalue weighted by Crippen LogP contribution is 2.36. The fraction of sp³-hybridized carbons (Fsp3) is 0.241. The van der Waals surface area contributed by atoms with Gasteiger partial charge in [0.05, 0.1) is 32.0 Å². The average Bonchev–Trinajstić information content (AvgIpc) is 2.97. The van der Waals surface area contributed by atoms with Crippen molar-refractivity contribution in [1.82, 2.24) is 10.7 Å². The third kappa shape index (κ3) is 9.11. The Labute approximate surface area is 256 Å². The molecule has 0 aliphatic carbocycles. The van der Waals surface area contributed by atoms with Gasteiger partial charge in [-0.2, -0.15) is 5.10 Å². The Kier molecular flexibility index (Phi) is 12.0. The third-order valence-electron chi connectivity index (χ3n) is 5.79. The standard InChI is InChI=1S/C29H30BrClN4O7/c1-17-5-7-20(14-22(17)31)34-26(36)16-42-27-21(30)11-19(13-25(27)41-4)15-33-35-29(38)28(37)32-10-9-18-6-8-23(39-2)24(12-18)40-3/h5-8,11-15H,9-10,16H2,1-4H3,(H,32,37)(H,34,36)(H,35,38)/b33-15-. The first kappa shape index (κ1) is 32.2. The molecule has 0 heterocycles. The first-order chi connectivity index (χ1) is 20.1. The second-order valence-electron chi connectivity index (χ2n) is 8.73. The molecule has 3 aromatic rings. The molecule has 42 heavy (non-hydrogen) atoms. The number of benzene rings is 3. The normalized spacial score (nSPS) is 10.6. The van der Waals surface area contributed by atoms with E-state index >= 15 is 0 Å². The molecule has 0 aliphatic heterocycles. The van der Waals surface area contributed by atoms with Gasteiger partial charge in [0.15, 0.2) is 29.6 Å². The van der Waals surface area contributed by atoms with Crippen molar-refractivity contribution >= 4 is 57.2 Å². The molecule has 3 N–H and O–H groups in total. The lowest BCUT2D eigenvalue weighted by molar-refractivity contribution is -0.139. The molecule has 0 radical (unpaired) electrons. The highest BCUT2D eigenvalue weighted by molar-refractivity contribution is 9.10. The number of anilines is 1. The molecule has 3 rings (SSSR count). The van der Waals surface area contributed by atoms with E-state index in [9.17, 15) is 14.4 Å². The van der Waals surface area contributed by atoms with Crippen molar-refractivity contribution in [2.75, 3.05) is 39.8 Å². The Morgan fingerprint density at radius 1 is 0.929 bits per heavy atom. The van der Waals surface area contributed by atoms with Gasteiger partial charge >= 0.3 is 11.8 Å². The van der Waals surface area contributed by atoms with E-state index in [1.54, 1.807) is 49.6 Å². The predicted molar refractivity (Wildman–Crippen MR) is 163 cm³/mol. The molecule has 0 bridgehead atoms. The summed E-state index contributed by atoms with van der Waals surface area (Å²) in [5.74, 6) is -0.362. The summed E-state index contributed by atoms with van der Waals surface area (Å²) in [5.41, 5.74) is 5.06. The number of halogens is 2. The number of hydrogen-bond acceptors (Lipinski definition) is 8. The molecule has 11 nitrogen and oxygen atoms in total. The number of rotatable bonds is 12. The number of hydrogen-bond donors (Lipinski definition) is 3. The van der Waals surface area contributed by atoms with Gasteiger partial charge < -0.3 is 29.6 Å². The monoisotopic (exact) mass is 660 g/mol. The van der Waals surface area contributed by atoms with Gasteiger partial charge in [-0.3, -0.25) is 14.4 Å². The Balaban J connectivity index is 1.50. The fourth-order valence-electron chi connectivity index (χ4n) is 3.61. The molecule has 0 aliphatic rings. The molecule has 0 saturated heterocycles. The zero-order valence-electron chi connectivity index (χ0n) is 23.4. The van der Waals surface area contributed by atoms with E-state index in [4.69, 9.17) is 30.5 Å². The van der Waals surface area contributed by atoms with Crippen LogP contribution in [0.2, 0.25) is 5.02 Å². The minimum Gasteiger partial charge on any atom is -0.493 e. The summed E-state index contributed by atoms with van der Waals surface area (Å²) in [4.78, 5) is 36.7. The highest BCUT2D eigenvalue weighted by Gasteiger charge is 2.15. The minimum absolute atomic E-state index is 0.230. The van der Waals surface area contributed by atoms with Crippen molar-refractivity contribution in [3.05, 3.63) is 74.7 Å². The van der Waals surface area contributed by atoms with Gasteiger partial charge in [-0.25, -0.2) is 5.43 Å². The van der Waals surface area contributed by atoms with Gasteiger partial charge in [0.2, 0.25) is 0 Å². The molecule has 3 amide bonds. The Bertz CT molecular complexity index is 1480. The minimum atomic E-state index is -0.926. The largest absolute Gasteiger partial charge is 0.493 e. The molecule has 0 atom stereocenters. The highest BCUT2D eigenvalue weighted by atomic mass is 79.9. The Morgan fingerprint density at radius 3 is 2.36 bits per heavy atom. The zero-order chi connectivity index (χ0) is 30.6. The SMILES string of the molecule is COc1ccc(CCNC(=O)C(=O)N/N=C\c2cc(Br)c(OCC(=O)Nc3ccc(C)c(Cl)c3)c(OC)c2)cc1OC. The number of carbonyl (C=O) groups excluding carboxylic acids is 3. The second-order valence-corrected chi connectivity index (χ2v) is 9.99. The topological polar surface area (TPSA) is 137 Å². The molecule has 3 aromatic carbocycles. The number of aryl methyl sites for hydroxylation is 1. The summed E-state index contributed by atoms with van der Waals surface area (Å²) < 4.78 is 22.0. The van der Waals surface area contributed by atoms with Crippen LogP contribution in [0.15, 0.2) is 58.1 Å². The number of ether oxygens (including phenoxy) is 4. The Morgan fingerprint density at radius 2 is 1.67 bits per heavy atom. The van der Waals surface area contributed by atoms with Crippen LogP contribution in [0.25, 0.3) is 0 Å². The van der Waals surface area contributed by atoms with Crippen molar-refractivity contribution in [1.29, 1.82) is 0 Å². The first-order valence-corrected chi connectivity index (χ1v) is 13.7. The van der Waals surface area contributed by atoms with Gasteiger partial charge in [0.1, 0.15) is 0 Å². The van der Waals surface area contributed by atoms with Gasteiger partial charge in [0, 0.05) is 17.3 Å². The third-order valence-corrected chi connectivity index (χ3v) is 6.78. The lowest BCUT2D eigenvalue weighted by Gasteiger charge is -2.13. The summed E-state index contributed by atoms with van der Waals surface area (Å²) in [6.45, 7) is 1.81. The average molecular weight is 662 g/mol. The van der Waals surface area contributed by atoms with Crippen LogP contribution in [0.1, 0.15) is 16.7 Å². The molecule has 13 heteroatoms. The summed E-state index contributed by atoms with van der Waals surface area (Å²) in [6.07, 6.45) is 1.81. The van der Waals surface area contributed by atoms with Gasteiger partial charge in [-0.1, -0.05) is 23.7 Å². The van der Waals surface area contributed by atoms with Crippen LogP contribution in [0.4, 0.5) is 5.69 Å². The lowest BCUT2D eigenvalue weighted by Crippen LogP contribution is -2.38. The molecule has 0 fully saturated rings. The van der Waals surface area contributed by atoms with E-state index in [1.807, 2.05) is 13.0 Å². The Hall–Kier alpha value is -4.29. The van der Waals surface area contributed by atoms with Crippen LogP contribution in [-0.2, 0) is 20.8 Å². The first-order valence-electron chi connectivity index (χ1n) is 12.5. The maximum Gasteiger partial charge on any atom is 0.329 e. The summed E-state index contributed by atoms with van der Waals surface area (Å²) in [6, 6.07) is 13.9. The van der Waals surface area contributed by atoms with Crippen molar-refractivity contribution < 1.29 is 33.3 Å². The van der Waals surface area contributed by atoms with E-state index in [0.717, 1.165) is 11.1 Å². The molecule has 0 spiro atoms. The lowest BCUT2D eigenvalue weighted by atomic mass is 10.1. The number of carbonyl (C=O) groups is 3. The van der Waals surface area contributed by atoms with Crippen LogP contribution >= 0.6 is 27.5 Å². The van der Waals surface area contributed by atoms with E-state index in [0.29, 0.717) is 50.2 Å². The number of methoxy groups -OCH3 is 3. The zero-order valence-corrected chi connectivity index (χ0v) is 25.7. The number of nitrogens with zero attached hydrogens (tertiary/aromatic N) is 1. The van der Waals surface area contributed by atoms with Gasteiger partial charge in [0.25, 0.3) is 5.91 Å². The van der Waals surface area contributed by atoms with Crippen molar-refractivity contribution in [3.63, 3.8) is 0 Å². The molecule has 0 aromatic heterocycles.